The van der Waals surface area contributed by atoms with Gasteiger partial charge in [0, 0.05) is 0 Å². The Morgan fingerprint density at radius 1 is 1.20 bits per heavy atom. The summed E-state index contributed by atoms with van der Waals surface area (Å²) in [6.45, 7) is 1.89. The first-order valence-electron chi connectivity index (χ1n) is 6.21. The predicted octanol–water partition coefficient (Wildman–Crippen LogP) is 3.38. The minimum Gasteiger partial charge on any atom is -0.368 e. The molecule has 4 nitrogen and oxygen atoms in total. The number of benzene rings is 1. The van der Waals surface area contributed by atoms with Crippen LogP contribution in [-0.2, 0) is 0 Å². The standard InChI is InChI=1S/C15H14N4S/c1-11-9-19(15(16)18-11)17-8-12-2-4-13(5-3-12)14-6-7-20-10-14/h2-10H,1H3,(H2,16,18). The van der Waals surface area contributed by atoms with Crippen LogP contribution in [0, 0.1) is 6.92 Å². The smallest absolute Gasteiger partial charge is 0.221 e. The van der Waals surface area contributed by atoms with Crippen molar-refractivity contribution in [1.29, 1.82) is 0 Å². The van der Waals surface area contributed by atoms with Gasteiger partial charge in [0.15, 0.2) is 0 Å². The molecule has 20 heavy (non-hydrogen) atoms. The molecular weight excluding hydrogens is 268 g/mol. The second kappa shape index (κ2) is 5.30. The molecule has 0 amide bonds. The van der Waals surface area contributed by atoms with Crippen molar-refractivity contribution in [2.45, 2.75) is 6.92 Å². The van der Waals surface area contributed by atoms with Gasteiger partial charge in [-0.3, -0.25) is 0 Å². The molecule has 2 N–H and O–H groups in total. The number of hydrogen-bond donors (Lipinski definition) is 1. The maximum absolute atomic E-state index is 5.73. The molecule has 3 aromatic rings. The predicted molar refractivity (Wildman–Crippen MR) is 84.1 cm³/mol. The van der Waals surface area contributed by atoms with Gasteiger partial charge in [0.25, 0.3) is 0 Å². The summed E-state index contributed by atoms with van der Waals surface area (Å²) in [6.07, 6.45) is 3.57. The number of thiophene rings is 1. The lowest BCUT2D eigenvalue weighted by atomic mass is 10.1. The van der Waals surface area contributed by atoms with Crippen LogP contribution in [0.2, 0.25) is 0 Å². The largest absolute Gasteiger partial charge is 0.368 e. The number of hydrogen-bond acceptors (Lipinski definition) is 4. The van der Waals surface area contributed by atoms with E-state index in [0.717, 1.165) is 11.3 Å². The molecule has 0 saturated carbocycles. The fourth-order valence-electron chi connectivity index (χ4n) is 1.92. The van der Waals surface area contributed by atoms with Crippen molar-refractivity contribution in [1.82, 2.24) is 9.66 Å². The van der Waals surface area contributed by atoms with E-state index >= 15 is 0 Å². The first-order chi connectivity index (χ1) is 9.72. The van der Waals surface area contributed by atoms with Crippen molar-refractivity contribution >= 4 is 23.5 Å². The highest BCUT2D eigenvalue weighted by molar-refractivity contribution is 7.08. The fraction of sp³-hybridized carbons (Fsp3) is 0.0667. The van der Waals surface area contributed by atoms with E-state index in [1.165, 1.54) is 11.1 Å². The van der Waals surface area contributed by atoms with E-state index in [1.54, 1.807) is 28.4 Å². The van der Waals surface area contributed by atoms with Gasteiger partial charge in [0.1, 0.15) is 0 Å². The van der Waals surface area contributed by atoms with Gasteiger partial charge in [-0.25, -0.2) is 9.66 Å². The minimum atomic E-state index is 0.397. The van der Waals surface area contributed by atoms with Crippen molar-refractivity contribution in [2.24, 2.45) is 5.10 Å². The molecule has 0 unspecified atom stereocenters. The summed E-state index contributed by atoms with van der Waals surface area (Å²) in [7, 11) is 0. The van der Waals surface area contributed by atoms with Crippen molar-refractivity contribution in [3.8, 4) is 11.1 Å². The summed E-state index contributed by atoms with van der Waals surface area (Å²) < 4.78 is 1.57. The SMILES string of the molecule is Cc1cn(N=Cc2ccc(-c3ccsc3)cc2)c(N)n1. The molecular formula is C15H14N4S. The minimum absolute atomic E-state index is 0.397. The molecule has 0 radical (unpaired) electrons. The summed E-state index contributed by atoms with van der Waals surface area (Å²) in [4.78, 5) is 4.10. The second-order valence-electron chi connectivity index (χ2n) is 4.46. The lowest BCUT2D eigenvalue weighted by molar-refractivity contribution is 0.897. The Kier molecular flexibility index (Phi) is 3.35. The summed E-state index contributed by atoms with van der Waals surface area (Å²) in [5.41, 5.74) is 10.1. The number of nitrogen functional groups attached to an aromatic ring is 1. The van der Waals surface area contributed by atoms with Crippen LogP contribution in [0.1, 0.15) is 11.3 Å². The number of nitrogens with two attached hydrogens (primary N) is 1. The number of imidazole rings is 1. The van der Waals surface area contributed by atoms with E-state index in [-0.39, 0.29) is 0 Å². The Morgan fingerprint density at radius 3 is 2.60 bits per heavy atom. The molecule has 0 atom stereocenters. The zero-order valence-electron chi connectivity index (χ0n) is 11.0. The average Bonchev–Trinajstić information content (AvgIpc) is 3.07. The van der Waals surface area contributed by atoms with Crippen LogP contribution in [0.5, 0.6) is 0 Å². The number of aryl methyl sites for hydroxylation is 1. The number of rotatable bonds is 3. The summed E-state index contributed by atoms with van der Waals surface area (Å²) in [5.74, 6) is 0.397. The van der Waals surface area contributed by atoms with Crippen molar-refractivity contribution in [3.05, 3.63) is 58.5 Å². The van der Waals surface area contributed by atoms with Gasteiger partial charge in [-0.1, -0.05) is 24.3 Å². The molecule has 0 aliphatic heterocycles. The lowest BCUT2D eigenvalue weighted by Gasteiger charge is -1.99. The van der Waals surface area contributed by atoms with Gasteiger partial charge < -0.3 is 5.73 Å². The zero-order valence-corrected chi connectivity index (χ0v) is 11.8. The average molecular weight is 282 g/mol. The van der Waals surface area contributed by atoms with E-state index in [2.05, 4.69) is 39.0 Å². The van der Waals surface area contributed by atoms with Gasteiger partial charge >= 0.3 is 0 Å². The van der Waals surface area contributed by atoms with Gasteiger partial charge in [0.2, 0.25) is 5.95 Å². The first kappa shape index (κ1) is 12.6. The normalized spacial score (nSPS) is 11.2. The Labute approximate surface area is 121 Å². The molecule has 0 bridgehead atoms. The van der Waals surface area contributed by atoms with Gasteiger partial charge in [-0.05, 0) is 40.4 Å². The van der Waals surface area contributed by atoms with E-state index in [0.29, 0.717) is 5.95 Å². The summed E-state index contributed by atoms with van der Waals surface area (Å²) in [5, 5.41) is 8.51. The van der Waals surface area contributed by atoms with Crippen LogP contribution in [0.4, 0.5) is 5.95 Å². The maximum Gasteiger partial charge on any atom is 0.221 e. The molecule has 2 aromatic heterocycles. The van der Waals surface area contributed by atoms with Crippen LogP contribution in [0.25, 0.3) is 11.1 Å². The van der Waals surface area contributed by atoms with Crippen LogP contribution in [0.15, 0.2) is 52.4 Å². The Balaban J connectivity index is 1.80. The highest BCUT2D eigenvalue weighted by Crippen LogP contribution is 2.21. The molecule has 100 valence electrons. The number of anilines is 1. The lowest BCUT2D eigenvalue weighted by Crippen LogP contribution is -1.96. The Bertz CT molecular complexity index is 724. The third-order valence-corrected chi connectivity index (χ3v) is 3.61. The van der Waals surface area contributed by atoms with E-state index in [4.69, 9.17) is 5.73 Å². The van der Waals surface area contributed by atoms with Crippen molar-refractivity contribution < 1.29 is 0 Å². The molecule has 0 saturated heterocycles. The zero-order chi connectivity index (χ0) is 13.9. The van der Waals surface area contributed by atoms with Crippen LogP contribution < -0.4 is 5.73 Å². The van der Waals surface area contributed by atoms with Crippen LogP contribution in [-0.4, -0.2) is 15.9 Å². The van der Waals surface area contributed by atoms with Crippen LogP contribution in [0.3, 0.4) is 0 Å². The third kappa shape index (κ3) is 2.62. The summed E-state index contributed by atoms with van der Waals surface area (Å²) >= 11 is 1.70. The highest BCUT2D eigenvalue weighted by atomic mass is 32.1. The molecule has 5 heteroatoms. The molecule has 0 spiro atoms. The fourth-order valence-corrected chi connectivity index (χ4v) is 2.58. The Hall–Kier alpha value is -2.40. The molecule has 0 aliphatic rings. The van der Waals surface area contributed by atoms with E-state index < -0.39 is 0 Å². The molecule has 3 rings (SSSR count). The molecule has 1 aromatic carbocycles. The maximum atomic E-state index is 5.73. The monoisotopic (exact) mass is 282 g/mol. The molecule has 2 heterocycles. The molecule has 0 aliphatic carbocycles. The van der Waals surface area contributed by atoms with Crippen molar-refractivity contribution in [3.63, 3.8) is 0 Å². The van der Waals surface area contributed by atoms with Gasteiger partial charge in [0.05, 0.1) is 18.1 Å². The van der Waals surface area contributed by atoms with E-state index in [1.807, 2.05) is 19.1 Å². The number of aromatic nitrogens is 2. The van der Waals surface area contributed by atoms with Crippen LogP contribution >= 0.6 is 11.3 Å². The van der Waals surface area contributed by atoms with Gasteiger partial charge in [-0.15, -0.1) is 0 Å². The first-order valence-corrected chi connectivity index (χ1v) is 7.15. The topological polar surface area (TPSA) is 56.2 Å². The molecule has 0 fully saturated rings. The third-order valence-electron chi connectivity index (χ3n) is 2.93. The highest BCUT2D eigenvalue weighted by Gasteiger charge is 1.99. The Morgan fingerprint density at radius 2 is 2.00 bits per heavy atom. The quantitative estimate of drug-likeness (QED) is 0.749. The van der Waals surface area contributed by atoms with E-state index in [9.17, 15) is 0 Å². The van der Waals surface area contributed by atoms with Gasteiger partial charge in [-0.2, -0.15) is 16.4 Å². The number of nitrogens with zero attached hydrogens (tertiary/aromatic N) is 3. The second-order valence-corrected chi connectivity index (χ2v) is 5.24. The van der Waals surface area contributed by atoms with Crippen molar-refractivity contribution in [2.75, 3.05) is 5.73 Å². The summed E-state index contributed by atoms with van der Waals surface area (Å²) in [6, 6.07) is 10.4.